The number of benzene rings is 1. The van der Waals surface area contributed by atoms with Crippen LogP contribution in [0.4, 0.5) is 0 Å². The predicted molar refractivity (Wildman–Crippen MR) is 42.6 cm³/mol. The average Bonchev–Trinajstić information content (AvgIpc) is 2.33. The number of carbonyl (C=O) groups is 1. The lowest BCUT2D eigenvalue weighted by molar-refractivity contribution is 0.0966. The molecule has 1 N–H and O–H groups in total. The van der Waals surface area contributed by atoms with Crippen LogP contribution in [0.2, 0.25) is 5.02 Å². The third-order valence-corrected chi connectivity index (χ3v) is 1.99. The number of hydrogen-bond acceptors (Lipinski definition) is 1. The largest absolute Gasteiger partial charge is 0.348 e. The third-order valence-electron chi connectivity index (χ3n) is 1.76. The first-order valence-corrected chi connectivity index (χ1v) is 3.72. The summed E-state index contributed by atoms with van der Waals surface area (Å²) in [7, 11) is 0. The first-order valence-electron chi connectivity index (χ1n) is 3.34. The van der Waals surface area contributed by atoms with Crippen molar-refractivity contribution in [1.29, 1.82) is 0 Å². The zero-order valence-corrected chi connectivity index (χ0v) is 6.48. The van der Waals surface area contributed by atoms with Gasteiger partial charge in [0.2, 0.25) is 0 Å². The van der Waals surface area contributed by atoms with Crippen molar-refractivity contribution in [1.82, 2.24) is 5.32 Å². The Labute approximate surface area is 69.2 Å². The van der Waals surface area contributed by atoms with Gasteiger partial charge in [-0.1, -0.05) is 17.7 Å². The van der Waals surface area contributed by atoms with Crippen LogP contribution in [0.5, 0.6) is 0 Å². The van der Waals surface area contributed by atoms with E-state index in [4.69, 9.17) is 11.6 Å². The number of carbonyl (C=O) groups excluding carboxylic acids is 1. The summed E-state index contributed by atoms with van der Waals surface area (Å²) < 4.78 is 0. The molecule has 0 radical (unpaired) electrons. The highest BCUT2D eigenvalue weighted by molar-refractivity contribution is 6.31. The van der Waals surface area contributed by atoms with E-state index in [1.54, 1.807) is 12.1 Å². The summed E-state index contributed by atoms with van der Waals surface area (Å²) in [5.41, 5.74) is 1.73. The predicted octanol–water partition coefficient (Wildman–Crippen LogP) is 1.58. The van der Waals surface area contributed by atoms with Gasteiger partial charge < -0.3 is 5.32 Å². The maximum Gasteiger partial charge on any atom is 0.251 e. The molecule has 0 unspecified atom stereocenters. The summed E-state index contributed by atoms with van der Waals surface area (Å²) in [6.45, 7) is 0.630. The quantitative estimate of drug-likeness (QED) is 0.625. The van der Waals surface area contributed by atoms with Gasteiger partial charge >= 0.3 is 0 Å². The number of amides is 1. The minimum absolute atomic E-state index is 0.0255. The van der Waals surface area contributed by atoms with E-state index in [1.807, 2.05) is 6.07 Å². The van der Waals surface area contributed by atoms with Gasteiger partial charge in [0.15, 0.2) is 0 Å². The summed E-state index contributed by atoms with van der Waals surface area (Å²) in [5.74, 6) is -0.0255. The SMILES string of the molecule is O=C1NCc2ccc(Cl)cc21. The van der Waals surface area contributed by atoms with Crippen LogP contribution in [-0.2, 0) is 6.54 Å². The first kappa shape index (κ1) is 6.68. The molecule has 2 rings (SSSR count). The molecule has 0 spiro atoms. The van der Waals surface area contributed by atoms with Crippen molar-refractivity contribution in [2.45, 2.75) is 6.54 Å². The highest BCUT2D eigenvalue weighted by Gasteiger charge is 2.17. The molecule has 1 aliphatic rings. The van der Waals surface area contributed by atoms with Crippen molar-refractivity contribution in [3.8, 4) is 0 Å². The molecule has 0 atom stereocenters. The Bertz CT molecular complexity index is 322. The van der Waals surface area contributed by atoms with Crippen LogP contribution in [0.15, 0.2) is 18.2 Å². The molecule has 0 aliphatic carbocycles. The van der Waals surface area contributed by atoms with Crippen molar-refractivity contribution < 1.29 is 4.79 Å². The molecule has 0 saturated heterocycles. The molecule has 2 nitrogen and oxygen atoms in total. The van der Waals surface area contributed by atoms with Gasteiger partial charge in [-0.2, -0.15) is 0 Å². The van der Waals surface area contributed by atoms with Gasteiger partial charge in [0.05, 0.1) is 0 Å². The topological polar surface area (TPSA) is 29.1 Å². The minimum Gasteiger partial charge on any atom is -0.348 e. The van der Waals surface area contributed by atoms with Crippen molar-refractivity contribution in [2.75, 3.05) is 0 Å². The second kappa shape index (κ2) is 2.24. The van der Waals surface area contributed by atoms with Crippen LogP contribution in [0.3, 0.4) is 0 Å². The fourth-order valence-electron chi connectivity index (χ4n) is 1.18. The molecule has 1 aromatic carbocycles. The molecular weight excluding hydrogens is 162 g/mol. The zero-order chi connectivity index (χ0) is 7.84. The number of fused-ring (bicyclic) bond motifs is 1. The van der Waals surface area contributed by atoms with Gasteiger partial charge in [-0.15, -0.1) is 0 Å². The first-order chi connectivity index (χ1) is 5.27. The van der Waals surface area contributed by atoms with Crippen LogP contribution in [0, 0.1) is 0 Å². The highest BCUT2D eigenvalue weighted by atomic mass is 35.5. The third kappa shape index (κ3) is 0.994. The summed E-state index contributed by atoms with van der Waals surface area (Å²) in [6.07, 6.45) is 0. The summed E-state index contributed by atoms with van der Waals surface area (Å²) in [4.78, 5) is 11.0. The van der Waals surface area contributed by atoms with Crippen molar-refractivity contribution >= 4 is 17.5 Å². The summed E-state index contributed by atoms with van der Waals surface area (Å²) >= 11 is 5.71. The van der Waals surface area contributed by atoms with E-state index in [-0.39, 0.29) is 5.91 Å². The van der Waals surface area contributed by atoms with E-state index in [2.05, 4.69) is 5.32 Å². The molecule has 56 valence electrons. The van der Waals surface area contributed by atoms with E-state index in [0.29, 0.717) is 17.1 Å². The molecule has 0 fully saturated rings. The van der Waals surface area contributed by atoms with Gasteiger partial charge in [0, 0.05) is 17.1 Å². The number of hydrogen-bond donors (Lipinski definition) is 1. The number of halogens is 1. The smallest absolute Gasteiger partial charge is 0.251 e. The molecule has 0 bridgehead atoms. The molecule has 11 heavy (non-hydrogen) atoms. The van der Waals surface area contributed by atoms with Crippen LogP contribution in [-0.4, -0.2) is 5.91 Å². The van der Waals surface area contributed by atoms with Gasteiger partial charge in [0.1, 0.15) is 0 Å². The number of rotatable bonds is 0. The average molecular weight is 168 g/mol. The Hall–Kier alpha value is -1.02. The van der Waals surface area contributed by atoms with Gasteiger partial charge in [0.25, 0.3) is 5.91 Å². The van der Waals surface area contributed by atoms with E-state index >= 15 is 0 Å². The van der Waals surface area contributed by atoms with Crippen LogP contribution in [0.1, 0.15) is 15.9 Å². The summed E-state index contributed by atoms with van der Waals surface area (Å²) in [6, 6.07) is 5.36. The van der Waals surface area contributed by atoms with E-state index in [0.717, 1.165) is 5.56 Å². The zero-order valence-electron chi connectivity index (χ0n) is 5.73. The van der Waals surface area contributed by atoms with Gasteiger partial charge in [-0.05, 0) is 17.7 Å². The standard InChI is InChI=1S/C8H6ClNO/c9-6-2-1-5-4-10-8(11)7(5)3-6/h1-3H,4H2,(H,10,11). The molecule has 0 saturated carbocycles. The van der Waals surface area contributed by atoms with Crippen molar-refractivity contribution in [3.63, 3.8) is 0 Å². The number of nitrogens with one attached hydrogen (secondary N) is 1. The van der Waals surface area contributed by atoms with E-state index < -0.39 is 0 Å². The monoisotopic (exact) mass is 167 g/mol. The van der Waals surface area contributed by atoms with Crippen LogP contribution in [0.25, 0.3) is 0 Å². The van der Waals surface area contributed by atoms with Crippen molar-refractivity contribution in [2.24, 2.45) is 0 Å². The Morgan fingerprint density at radius 2 is 2.27 bits per heavy atom. The fourth-order valence-corrected chi connectivity index (χ4v) is 1.36. The Kier molecular flexibility index (Phi) is 1.36. The lowest BCUT2D eigenvalue weighted by atomic mass is 10.1. The van der Waals surface area contributed by atoms with Crippen LogP contribution < -0.4 is 5.32 Å². The second-order valence-corrected chi connectivity index (χ2v) is 2.92. The summed E-state index contributed by atoms with van der Waals surface area (Å²) in [5, 5.41) is 3.33. The molecule has 0 aromatic heterocycles. The minimum atomic E-state index is -0.0255. The highest BCUT2D eigenvalue weighted by Crippen LogP contribution is 2.19. The normalized spacial score (nSPS) is 14.5. The fraction of sp³-hybridized carbons (Fsp3) is 0.125. The Morgan fingerprint density at radius 3 is 3.09 bits per heavy atom. The van der Waals surface area contributed by atoms with E-state index in [9.17, 15) is 4.79 Å². The molecule has 1 aromatic rings. The second-order valence-electron chi connectivity index (χ2n) is 2.48. The molecular formula is C8H6ClNO. The van der Waals surface area contributed by atoms with Gasteiger partial charge in [-0.25, -0.2) is 0 Å². The van der Waals surface area contributed by atoms with Gasteiger partial charge in [-0.3, -0.25) is 4.79 Å². The maximum absolute atomic E-state index is 11.0. The molecule has 3 heteroatoms. The maximum atomic E-state index is 11.0. The Balaban J connectivity index is 2.60. The molecule has 1 amide bonds. The lowest BCUT2D eigenvalue weighted by Gasteiger charge is -1.93. The lowest BCUT2D eigenvalue weighted by Crippen LogP contribution is -2.12. The Morgan fingerprint density at radius 1 is 1.45 bits per heavy atom. The van der Waals surface area contributed by atoms with Crippen molar-refractivity contribution in [3.05, 3.63) is 34.3 Å². The van der Waals surface area contributed by atoms with E-state index in [1.165, 1.54) is 0 Å². The molecule has 1 aliphatic heterocycles. The molecule has 1 heterocycles. The van der Waals surface area contributed by atoms with Crippen LogP contribution >= 0.6 is 11.6 Å².